The molecule has 1 aromatic rings. The topological polar surface area (TPSA) is 97.1 Å². The molecule has 7 heteroatoms. The van der Waals surface area contributed by atoms with Gasteiger partial charge in [-0.2, -0.15) is 5.10 Å². The number of carbonyl (C=O) groups excluding carboxylic acids is 1. The maximum atomic E-state index is 13.1. The van der Waals surface area contributed by atoms with Gasteiger partial charge in [-0.15, -0.1) is 0 Å². The van der Waals surface area contributed by atoms with Gasteiger partial charge in [-0.05, 0) is 44.4 Å². The van der Waals surface area contributed by atoms with Crippen LogP contribution in [0.5, 0.6) is 0 Å². The molecule has 132 valence electrons. The first-order chi connectivity index (χ1) is 11.6. The molecule has 3 N–H and O–H groups in total. The summed E-state index contributed by atoms with van der Waals surface area (Å²) in [5.74, 6) is 2.88. The Morgan fingerprint density at radius 2 is 2.08 bits per heavy atom. The highest BCUT2D eigenvalue weighted by Crippen LogP contribution is 2.42. The van der Waals surface area contributed by atoms with Crippen molar-refractivity contribution in [2.24, 2.45) is 23.5 Å². The Morgan fingerprint density at radius 1 is 1.33 bits per heavy atom. The molecule has 2 heterocycles. The lowest BCUT2D eigenvalue weighted by Gasteiger charge is -2.45. The van der Waals surface area contributed by atoms with E-state index in [1.807, 2.05) is 11.8 Å². The van der Waals surface area contributed by atoms with Crippen molar-refractivity contribution in [1.82, 2.24) is 20.1 Å². The molecule has 1 amide bonds. The van der Waals surface area contributed by atoms with Crippen LogP contribution in [0, 0.1) is 24.7 Å². The quantitative estimate of drug-likeness (QED) is 0.847. The molecule has 0 spiro atoms. The molecule has 1 aliphatic heterocycles. The molecule has 4 rings (SSSR count). The van der Waals surface area contributed by atoms with Crippen LogP contribution < -0.4 is 5.73 Å². The lowest BCUT2D eigenvalue weighted by Crippen LogP contribution is -2.51. The Balaban J connectivity index is 1.42. The van der Waals surface area contributed by atoms with Crippen LogP contribution in [0.3, 0.4) is 0 Å². The molecule has 1 aromatic heterocycles. The van der Waals surface area contributed by atoms with E-state index in [0.717, 1.165) is 18.7 Å². The van der Waals surface area contributed by atoms with Crippen molar-refractivity contribution in [3.8, 4) is 0 Å². The summed E-state index contributed by atoms with van der Waals surface area (Å²) in [5, 5.41) is 7.03. The highest BCUT2D eigenvalue weighted by Gasteiger charge is 2.42. The summed E-state index contributed by atoms with van der Waals surface area (Å²) in [5.41, 5.74) is 6.36. The number of hydrogen-bond acceptors (Lipinski definition) is 5. The van der Waals surface area contributed by atoms with Crippen molar-refractivity contribution < 1.29 is 9.53 Å². The number of nitrogens with one attached hydrogen (secondary N) is 1. The van der Waals surface area contributed by atoms with Crippen molar-refractivity contribution in [2.75, 3.05) is 19.7 Å². The van der Waals surface area contributed by atoms with Crippen LogP contribution in [0.15, 0.2) is 0 Å². The second-order valence-electron chi connectivity index (χ2n) is 7.62. The predicted molar refractivity (Wildman–Crippen MR) is 87.9 cm³/mol. The SMILES string of the molecule is Cc1nc(C2CN(C(=O)C3CC4CCCC(C3)C4N)CCO2)n[nH]1. The Hall–Kier alpha value is -1.47. The summed E-state index contributed by atoms with van der Waals surface area (Å²) in [7, 11) is 0. The van der Waals surface area contributed by atoms with Crippen LogP contribution in [-0.2, 0) is 9.53 Å². The van der Waals surface area contributed by atoms with Gasteiger partial charge in [0.1, 0.15) is 11.9 Å². The van der Waals surface area contributed by atoms with E-state index in [-0.39, 0.29) is 17.9 Å². The molecule has 2 aliphatic carbocycles. The highest BCUT2D eigenvalue weighted by atomic mass is 16.5. The number of carbonyl (C=O) groups is 1. The molecule has 0 aromatic carbocycles. The van der Waals surface area contributed by atoms with Crippen LogP contribution >= 0.6 is 0 Å². The minimum atomic E-state index is -0.224. The number of aromatic amines is 1. The number of morpholine rings is 1. The third-order valence-corrected chi connectivity index (χ3v) is 6.04. The monoisotopic (exact) mass is 333 g/mol. The Labute approximate surface area is 142 Å². The second kappa shape index (κ2) is 6.44. The van der Waals surface area contributed by atoms with Crippen LogP contribution in [0.4, 0.5) is 0 Å². The van der Waals surface area contributed by atoms with Crippen LogP contribution in [0.1, 0.15) is 49.9 Å². The van der Waals surface area contributed by atoms with Gasteiger partial charge < -0.3 is 15.4 Å². The molecule has 3 atom stereocenters. The van der Waals surface area contributed by atoms with E-state index in [0.29, 0.717) is 43.4 Å². The van der Waals surface area contributed by atoms with E-state index in [2.05, 4.69) is 15.2 Å². The van der Waals surface area contributed by atoms with Crippen molar-refractivity contribution >= 4 is 5.91 Å². The number of fused-ring (bicyclic) bond motifs is 2. The van der Waals surface area contributed by atoms with Gasteiger partial charge in [0.25, 0.3) is 0 Å². The third kappa shape index (κ3) is 2.95. The average Bonchev–Trinajstić information content (AvgIpc) is 3.01. The van der Waals surface area contributed by atoms with Gasteiger partial charge in [-0.25, -0.2) is 4.98 Å². The standard InChI is InChI=1S/C17H27N5O2/c1-10-19-16(21-20-10)14-9-22(5-6-24-14)17(23)13-7-11-3-2-4-12(8-13)15(11)18/h11-15H,2-9,18H2,1H3,(H,19,20,21). The Morgan fingerprint density at radius 3 is 2.75 bits per heavy atom. The van der Waals surface area contributed by atoms with Crippen molar-refractivity contribution in [3.05, 3.63) is 11.6 Å². The first-order valence-electron chi connectivity index (χ1n) is 9.16. The molecule has 3 fully saturated rings. The zero-order chi connectivity index (χ0) is 16.7. The van der Waals surface area contributed by atoms with Gasteiger partial charge in [0.2, 0.25) is 5.91 Å². The largest absolute Gasteiger partial charge is 0.366 e. The maximum Gasteiger partial charge on any atom is 0.225 e. The second-order valence-corrected chi connectivity index (χ2v) is 7.62. The third-order valence-electron chi connectivity index (χ3n) is 6.04. The average molecular weight is 333 g/mol. The summed E-state index contributed by atoms with van der Waals surface area (Å²) in [6.45, 7) is 3.62. The number of aryl methyl sites for hydroxylation is 1. The van der Waals surface area contributed by atoms with E-state index < -0.39 is 0 Å². The van der Waals surface area contributed by atoms with Gasteiger partial charge in [-0.3, -0.25) is 9.89 Å². The highest BCUT2D eigenvalue weighted by molar-refractivity contribution is 5.79. The van der Waals surface area contributed by atoms with E-state index >= 15 is 0 Å². The zero-order valence-corrected chi connectivity index (χ0v) is 14.3. The minimum absolute atomic E-state index is 0.132. The van der Waals surface area contributed by atoms with Crippen LogP contribution in [0.25, 0.3) is 0 Å². The van der Waals surface area contributed by atoms with Crippen molar-refractivity contribution in [3.63, 3.8) is 0 Å². The molecule has 7 nitrogen and oxygen atoms in total. The summed E-state index contributed by atoms with van der Waals surface area (Å²) >= 11 is 0. The van der Waals surface area contributed by atoms with Crippen molar-refractivity contribution in [2.45, 2.75) is 51.2 Å². The van der Waals surface area contributed by atoms with E-state index in [1.54, 1.807) is 0 Å². The smallest absolute Gasteiger partial charge is 0.225 e. The minimum Gasteiger partial charge on any atom is -0.366 e. The van der Waals surface area contributed by atoms with E-state index in [9.17, 15) is 4.79 Å². The number of ether oxygens (including phenoxy) is 1. The predicted octanol–water partition coefficient (Wildman–Crippen LogP) is 1.17. The fourth-order valence-corrected chi connectivity index (χ4v) is 4.76. The lowest BCUT2D eigenvalue weighted by molar-refractivity contribution is -0.146. The van der Waals surface area contributed by atoms with Gasteiger partial charge in [0.15, 0.2) is 5.82 Å². The number of rotatable bonds is 2. The van der Waals surface area contributed by atoms with Crippen LogP contribution in [-0.4, -0.2) is 51.7 Å². The number of aromatic nitrogens is 3. The molecule has 2 bridgehead atoms. The number of hydrogen-bond donors (Lipinski definition) is 2. The van der Waals surface area contributed by atoms with Crippen molar-refractivity contribution in [1.29, 1.82) is 0 Å². The summed E-state index contributed by atoms with van der Waals surface area (Å²) in [6, 6.07) is 0.302. The number of nitrogens with two attached hydrogens (primary N) is 1. The zero-order valence-electron chi connectivity index (χ0n) is 14.3. The maximum absolute atomic E-state index is 13.1. The first-order valence-corrected chi connectivity index (χ1v) is 9.16. The lowest BCUT2D eigenvalue weighted by atomic mass is 9.65. The molecule has 0 radical (unpaired) electrons. The molecule has 3 unspecified atom stereocenters. The molecule has 24 heavy (non-hydrogen) atoms. The molecular weight excluding hydrogens is 306 g/mol. The normalized spacial score (nSPS) is 36.6. The fraction of sp³-hybridized carbons (Fsp3) is 0.824. The van der Waals surface area contributed by atoms with Gasteiger partial charge in [-0.1, -0.05) is 6.42 Å². The molecular formula is C17H27N5O2. The summed E-state index contributed by atoms with van der Waals surface area (Å²) < 4.78 is 5.78. The summed E-state index contributed by atoms with van der Waals surface area (Å²) in [6.07, 6.45) is 5.33. The van der Waals surface area contributed by atoms with E-state index in [4.69, 9.17) is 10.5 Å². The van der Waals surface area contributed by atoms with Gasteiger partial charge in [0.05, 0.1) is 13.2 Å². The molecule has 1 saturated heterocycles. The Kier molecular flexibility index (Phi) is 4.30. The summed E-state index contributed by atoms with van der Waals surface area (Å²) in [4.78, 5) is 19.4. The number of amides is 1. The van der Waals surface area contributed by atoms with Crippen LogP contribution in [0.2, 0.25) is 0 Å². The number of nitrogens with zero attached hydrogens (tertiary/aromatic N) is 3. The Bertz CT molecular complexity index is 590. The number of H-pyrrole nitrogens is 1. The first kappa shape index (κ1) is 16.0. The van der Waals surface area contributed by atoms with E-state index in [1.165, 1.54) is 19.3 Å². The van der Waals surface area contributed by atoms with Gasteiger partial charge in [0, 0.05) is 18.5 Å². The van der Waals surface area contributed by atoms with Gasteiger partial charge >= 0.3 is 0 Å². The molecule has 3 aliphatic rings. The fourth-order valence-electron chi connectivity index (χ4n) is 4.76. The molecule has 2 saturated carbocycles.